The molecule has 0 fully saturated rings. The number of nitrogens with zero attached hydrogens (tertiary/aromatic N) is 4. The topological polar surface area (TPSA) is 93.5 Å². The number of fused-ring (bicyclic) bond motifs is 1. The van der Waals surface area contributed by atoms with Crippen molar-refractivity contribution in [3.05, 3.63) is 36.5 Å². The van der Waals surface area contributed by atoms with Crippen LogP contribution in [0.4, 0.5) is 0 Å². The number of hydrogen-bond acceptors (Lipinski definition) is 5. The molecule has 3 heterocycles. The van der Waals surface area contributed by atoms with Crippen LogP contribution in [0.15, 0.2) is 35.1 Å². The number of aromatic nitrogens is 4. The van der Waals surface area contributed by atoms with Crippen LogP contribution in [0.2, 0.25) is 0 Å². The van der Waals surface area contributed by atoms with Crippen LogP contribution in [0, 0.1) is 0 Å². The minimum atomic E-state index is -1.19. The van der Waals surface area contributed by atoms with Gasteiger partial charge in [-0.05, 0) is 18.2 Å². The molecule has 0 aliphatic carbocycles. The molecule has 0 bridgehead atoms. The summed E-state index contributed by atoms with van der Waals surface area (Å²) in [5, 5.41) is 12.7. The highest BCUT2D eigenvalue weighted by molar-refractivity contribution is 5.83. The van der Waals surface area contributed by atoms with Crippen molar-refractivity contribution in [1.82, 2.24) is 19.6 Å². The van der Waals surface area contributed by atoms with Gasteiger partial charge in [0.15, 0.2) is 5.76 Å². The van der Waals surface area contributed by atoms with E-state index in [4.69, 9.17) is 9.52 Å². The van der Waals surface area contributed by atoms with Crippen molar-refractivity contribution in [3.63, 3.8) is 0 Å². The molecule has 3 aromatic rings. The molecule has 1 N–H and O–H groups in total. The summed E-state index contributed by atoms with van der Waals surface area (Å²) in [6.45, 7) is 0. The van der Waals surface area contributed by atoms with E-state index in [2.05, 4.69) is 15.1 Å². The van der Waals surface area contributed by atoms with Crippen LogP contribution in [0.25, 0.3) is 17.2 Å². The first-order chi connectivity index (χ1) is 8.25. The molecule has 0 spiro atoms. The highest BCUT2D eigenvalue weighted by atomic mass is 16.4. The van der Waals surface area contributed by atoms with Gasteiger partial charge < -0.3 is 9.52 Å². The van der Waals surface area contributed by atoms with Gasteiger partial charge in [0.25, 0.3) is 11.6 Å². The molecule has 0 aliphatic heterocycles. The summed E-state index contributed by atoms with van der Waals surface area (Å²) in [6, 6.07) is 5.15. The predicted octanol–water partition coefficient (Wildman–Crippen LogP) is 1.08. The van der Waals surface area contributed by atoms with Gasteiger partial charge in [0.05, 0.1) is 6.26 Å². The number of aromatic carboxylic acids is 1. The van der Waals surface area contributed by atoms with Crippen molar-refractivity contribution in [1.29, 1.82) is 0 Å². The zero-order valence-corrected chi connectivity index (χ0v) is 8.44. The van der Waals surface area contributed by atoms with Crippen molar-refractivity contribution in [2.24, 2.45) is 0 Å². The normalized spacial score (nSPS) is 10.8. The Labute approximate surface area is 94.3 Å². The molecule has 7 heteroatoms. The van der Waals surface area contributed by atoms with Gasteiger partial charge in [-0.3, -0.25) is 0 Å². The number of rotatable bonds is 2. The Balaban J connectivity index is 2.29. The maximum absolute atomic E-state index is 10.8. The third kappa shape index (κ3) is 1.44. The van der Waals surface area contributed by atoms with Crippen molar-refractivity contribution in [2.45, 2.75) is 0 Å². The van der Waals surface area contributed by atoms with Crippen LogP contribution < -0.4 is 0 Å². The van der Waals surface area contributed by atoms with E-state index in [1.807, 2.05) is 0 Å². The van der Waals surface area contributed by atoms with Gasteiger partial charge in [-0.2, -0.15) is 9.50 Å². The van der Waals surface area contributed by atoms with Crippen molar-refractivity contribution in [2.75, 3.05) is 0 Å². The lowest BCUT2D eigenvalue weighted by atomic mass is 10.3. The zero-order chi connectivity index (χ0) is 11.8. The molecule has 0 unspecified atom stereocenters. The Morgan fingerprint density at radius 2 is 2.29 bits per heavy atom. The van der Waals surface area contributed by atoms with Gasteiger partial charge in [0, 0.05) is 6.20 Å². The Morgan fingerprint density at radius 3 is 3.00 bits per heavy atom. The first kappa shape index (κ1) is 9.52. The molecule has 84 valence electrons. The van der Waals surface area contributed by atoms with Crippen molar-refractivity contribution in [3.8, 4) is 11.5 Å². The summed E-state index contributed by atoms with van der Waals surface area (Å²) in [4.78, 5) is 18.5. The van der Waals surface area contributed by atoms with E-state index in [0.29, 0.717) is 11.5 Å². The average molecular weight is 230 g/mol. The van der Waals surface area contributed by atoms with E-state index >= 15 is 0 Å². The average Bonchev–Trinajstić information content (AvgIpc) is 2.97. The lowest BCUT2D eigenvalue weighted by Crippen LogP contribution is -2.00. The summed E-state index contributed by atoms with van der Waals surface area (Å²) in [6.07, 6.45) is 3.05. The highest BCUT2D eigenvalue weighted by Crippen LogP contribution is 2.19. The fraction of sp³-hybridized carbons (Fsp3) is 0. The Kier molecular flexibility index (Phi) is 1.91. The molecule has 3 rings (SSSR count). The Bertz CT molecular complexity index is 687. The van der Waals surface area contributed by atoms with Gasteiger partial charge in [-0.15, -0.1) is 5.10 Å². The van der Waals surface area contributed by atoms with Crippen molar-refractivity contribution < 1.29 is 14.3 Å². The van der Waals surface area contributed by atoms with Gasteiger partial charge >= 0.3 is 5.97 Å². The van der Waals surface area contributed by atoms with E-state index in [1.165, 1.54) is 17.0 Å². The molecule has 0 radical (unpaired) electrons. The Morgan fingerprint density at radius 1 is 1.41 bits per heavy atom. The second kappa shape index (κ2) is 3.41. The third-order valence-corrected chi connectivity index (χ3v) is 2.21. The molecule has 3 aromatic heterocycles. The first-order valence-corrected chi connectivity index (χ1v) is 4.74. The fourth-order valence-corrected chi connectivity index (χ4v) is 1.50. The molecule has 0 amide bonds. The van der Waals surface area contributed by atoms with Gasteiger partial charge in [-0.1, -0.05) is 0 Å². The maximum atomic E-state index is 10.8. The number of carboxylic acid groups (broad SMARTS) is 1. The largest absolute Gasteiger partial charge is 0.475 e. The summed E-state index contributed by atoms with van der Waals surface area (Å²) in [7, 11) is 0. The lowest BCUT2D eigenvalue weighted by Gasteiger charge is -1.98. The molecule has 0 aliphatic rings. The summed E-state index contributed by atoms with van der Waals surface area (Å²) in [5.74, 6) is -0.701. The summed E-state index contributed by atoms with van der Waals surface area (Å²) in [5.41, 5.74) is 0.597. The molecule has 0 atom stereocenters. The molecule has 7 nitrogen and oxygen atoms in total. The Hall–Kier alpha value is -2.70. The third-order valence-electron chi connectivity index (χ3n) is 2.21. The number of carbonyl (C=O) groups is 1. The minimum absolute atomic E-state index is 0.219. The summed E-state index contributed by atoms with van der Waals surface area (Å²) < 4.78 is 6.57. The number of furan rings is 1. The molecule has 0 saturated heterocycles. The van der Waals surface area contributed by atoms with E-state index in [9.17, 15) is 4.79 Å². The molecule has 17 heavy (non-hydrogen) atoms. The maximum Gasteiger partial charge on any atom is 0.375 e. The van der Waals surface area contributed by atoms with Crippen LogP contribution >= 0.6 is 0 Å². The fourth-order valence-electron chi connectivity index (χ4n) is 1.50. The van der Waals surface area contributed by atoms with Crippen LogP contribution in [-0.2, 0) is 0 Å². The monoisotopic (exact) mass is 230 g/mol. The molecular weight excluding hydrogens is 224 g/mol. The van der Waals surface area contributed by atoms with E-state index < -0.39 is 5.97 Å². The zero-order valence-electron chi connectivity index (χ0n) is 8.44. The van der Waals surface area contributed by atoms with Gasteiger partial charge in [0.2, 0.25) is 0 Å². The van der Waals surface area contributed by atoms with Gasteiger partial charge in [-0.25, -0.2) is 9.78 Å². The number of hydrogen-bond donors (Lipinski definition) is 1. The SMILES string of the molecule is O=C(O)c1nc2nccc(-c3ccco3)n2n1. The standard InChI is InChI=1S/C10H6N4O3/c15-9(16)8-12-10-11-4-3-6(14(10)13-8)7-2-1-5-17-7/h1-5H,(H,15,16). The van der Waals surface area contributed by atoms with Gasteiger partial charge in [0.1, 0.15) is 5.69 Å². The molecular formula is C10H6N4O3. The second-order valence-corrected chi connectivity index (χ2v) is 3.26. The smallest absolute Gasteiger partial charge is 0.375 e. The quantitative estimate of drug-likeness (QED) is 0.708. The van der Waals surface area contributed by atoms with Crippen LogP contribution in [0.5, 0.6) is 0 Å². The lowest BCUT2D eigenvalue weighted by molar-refractivity contribution is 0.0684. The number of carboxylic acids is 1. The second-order valence-electron chi connectivity index (χ2n) is 3.26. The van der Waals surface area contributed by atoms with Crippen LogP contribution in [-0.4, -0.2) is 30.7 Å². The van der Waals surface area contributed by atoms with Crippen LogP contribution in [0.1, 0.15) is 10.6 Å². The van der Waals surface area contributed by atoms with E-state index in [0.717, 1.165) is 0 Å². The molecule has 0 saturated carbocycles. The van der Waals surface area contributed by atoms with Crippen LogP contribution in [0.3, 0.4) is 0 Å². The first-order valence-electron chi connectivity index (χ1n) is 4.74. The van der Waals surface area contributed by atoms with Crippen molar-refractivity contribution >= 4 is 11.7 Å². The molecule has 0 aromatic carbocycles. The van der Waals surface area contributed by atoms with E-state index in [-0.39, 0.29) is 11.6 Å². The minimum Gasteiger partial charge on any atom is -0.475 e. The summed E-state index contributed by atoms with van der Waals surface area (Å²) >= 11 is 0. The predicted molar refractivity (Wildman–Crippen MR) is 55.4 cm³/mol. The van der Waals surface area contributed by atoms with E-state index in [1.54, 1.807) is 18.2 Å². The highest BCUT2D eigenvalue weighted by Gasteiger charge is 2.15.